The number of benzene rings is 2. The number of rotatable bonds is 3. The third-order valence-corrected chi connectivity index (χ3v) is 3.92. The van der Waals surface area contributed by atoms with Crippen molar-refractivity contribution in [3.05, 3.63) is 70.5 Å². The first-order chi connectivity index (χ1) is 9.74. The molecular formula is C15H11FN2OS. The highest BCUT2D eigenvalue weighted by molar-refractivity contribution is 7.98. The summed E-state index contributed by atoms with van der Waals surface area (Å²) in [5.41, 5.74) is 0.486. The van der Waals surface area contributed by atoms with E-state index in [0.717, 1.165) is 0 Å². The molecule has 2 aromatic carbocycles. The van der Waals surface area contributed by atoms with Crippen molar-refractivity contribution in [1.29, 1.82) is 0 Å². The van der Waals surface area contributed by atoms with Gasteiger partial charge >= 0.3 is 0 Å². The first-order valence-electron chi connectivity index (χ1n) is 6.09. The lowest BCUT2D eigenvalue weighted by Crippen LogP contribution is -2.11. The molecule has 1 heterocycles. The molecule has 100 valence electrons. The van der Waals surface area contributed by atoms with Crippen LogP contribution in [0.2, 0.25) is 0 Å². The Hall–Kier alpha value is -2.14. The predicted octanol–water partition coefficient (Wildman–Crippen LogP) is 3.35. The molecular weight excluding hydrogens is 275 g/mol. The number of hydrogen-bond acceptors (Lipinski definition) is 3. The molecule has 3 aromatic rings. The van der Waals surface area contributed by atoms with Crippen molar-refractivity contribution in [2.45, 2.75) is 10.6 Å². The van der Waals surface area contributed by atoms with Crippen molar-refractivity contribution in [3.8, 4) is 0 Å². The van der Waals surface area contributed by atoms with Gasteiger partial charge in [0, 0.05) is 4.90 Å². The molecule has 3 nitrogen and oxygen atoms in total. The van der Waals surface area contributed by atoms with E-state index in [1.165, 1.54) is 17.8 Å². The van der Waals surface area contributed by atoms with Crippen LogP contribution in [0.4, 0.5) is 4.39 Å². The van der Waals surface area contributed by atoms with Crippen LogP contribution in [-0.4, -0.2) is 9.97 Å². The van der Waals surface area contributed by atoms with Gasteiger partial charge in [-0.15, -0.1) is 11.8 Å². The van der Waals surface area contributed by atoms with Crippen molar-refractivity contribution in [1.82, 2.24) is 9.97 Å². The van der Waals surface area contributed by atoms with Crippen LogP contribution in [0.1, 0.15) is 5.82 Å². The van der Waals surface area contributed by atoms with Crippen LogP contribution in [0, 0.1) is 5.82 Å². The second-order valence-corrected chi connectivity index (χ2v) is 5.27. The summed E-state index contributed by atoms with van der Waals surface area (Å²) in [6.07, 6.45) is 0. The first-order valence-corrected chi connectivity index (χ1v) is 7.08. The lowest BCUT2D eigenvalue weighted by molar-refractivity contribution is 0.602. The molecule has 20 heavy (non-hydrogen) atoms. The van der Waals surface area contributed by atoms with Crippen LogP contribution in [0.3, 0.4) is 0 Å². The van der Waals surface area contributed by atoms with Gasteiger partial charge in [0.15, 0.2) is 0 Å². The van der Waals surface area contributed by atoms with E-state index in [1.54, 1.807) is 36.4 Å². The molecule has 0 unspecified atom stereocenters. The van der Waals surface area contributed by atoms with Gasteiger partial charge in [0.2, 0.25) is 0 Å². The Morgan fingerprint density at radius 3 is 2.70 bits per heavy atom. The Morgan fingerprint density at radius 2 is 1.85 bits per heavy atom. The molecule has 0 saturated carbocycles. The van der Waals surface area contributed by atoms with E-state index < -0.39 is 0 Å². The minimum absolute atomic E-state index is 0.167. The van der Waals surface area contributed by atoms with Gasteiger partial charge in [0.25, 0.3) is 5.56 Å². The lowest BCUT2D eigenvalue weighted by atomic mass is 10.2. The fourth-order valence-electron chi connectivity index (χ4n) is 1.91. The molecule has 0 spiro atoms. The number of halogens is 1. The summed E-state index contributed by atoms with van der Waals surface area (Å²) in [6, 6.07) is 13.7. The van der Waals surface area contributed by atoms with Gasteiger partial charge < -0.3 is 4.98 Å². The van der Waals surface area contributed by atoms with E-state index in [9.17, 15) is 9.18 Å². The summed E-state index contributed by atoms with van der Waals surface area (Å²) in [5, 5.41) is 0.562. The van der Waals surface area contributed by atoms with Crippen molar-refractivity contribution in [2.24, 2.45) is 0 Å². The summed E-state index contributed by atoms with van der Waals surface area (Å²) in [5.74, 6) is 0.698. The average molecular weight is 286 g/mol. The maximum absolute atomic E-state index is 13.5. The van der Waals surface area contributed by atoms with Gasteiger partial charge in [-0.1, -0.05) is 24.3 Å². The Balaban J connectivity index is 1.88. The highest BCUT2D eigenvalue weighted by Crippen LogP contribution is 2.24. The van der Waals surface area contributed by atoms with E-state index >= 15 is 0 Å². The molecule has 0 saturated heterocycles. The number of nitrogens with zero attached hydrogens (tertiary/aromatic N) is 1. The van der Waals surface area contributed by atoms with Crippen molar-refractivity contribution in [2.75, 3.05) is 0 Å². The molecule has 0 aliphatic rings. The number of nitrogens with one attached hydrogen (secondary N) is 1. The zero-order chi connectivity index (χ0) is 13.9. The van der Waals surface area contributed by atoms with E-state index in [2.05, 4.69) is 9.97 Å². The van der Waals surface area contributed by atoms with Gasteiger partial charge in [0.05, 0.1) is 16.7 Å². The summed E-state index contributed by atoms with van der Waals surface area (Å²) in [7, 11) is 0. The molecule has 1 aromatic heterocycles. The largest absolute Gasteiger partial charge is 0.309 e. The number of aromatic nitrogens is 2. The predicted molar refractivity (Wildman–Crippen MR) is 78.3 cm³/mol. The summed E-state index contributed by atoms with van der Waals surface area (Å²) in [4.78, 5) is 19.6. The average Bonchev–Trinajstić information content (AvgIpc) is 2.46. The zero-order valence-electron chi connectivity index (χ0n) is 10.5. The van der Waals surface area contributed by atoms with Gasteiger partial charge in [-0.2, -0.15) is 0 Å². The van der Waals surface area contributed by atoms with E-state index in [4.69, 9.17) is 0 Å². The molecule has 0 amide bonds. The van der Waals surface area contributed by atoms with Gasteiger partial charge in [-0.05, 0) is 24.3 Å². The second-order valence-electron chi connectivity index (χ2n) is 4.25. The second kappa shape index (κ2) is 5.46. The number of para-hydroxylation sites is 1. The van der Waals surface area contributed by atoms with Gasteiger partial charge in [-0.25, -0.2) is 9.37 Å². The van der Waals surface area contributed by atoms with E-state index in [1.807, 2.05) is 6.07 Å². The fraction of sp³-hybridized carbons (Fsp3) is 0.0667. The third-order valence-electron chi connectivity index (χ3n) is 2.86. The number of thioether (sulfide) groups is 1. The zero-order valence-corrected chi connectivity index (χ0v) is 11.3. The number of hydrogen-bond donors (Lipinski definition) is 1. The van der Waals surface area contributed by atoms with Crippen LogP contribution in [0.5, 0.6) is 0 Å². The molecule has 0 radical (unpaired) electrons. The molecule has 3 rings (SSSR count). The monoisotopic (exact) mass is 286 g/mol. The van der Waals surface area contributed by atoms with Crippen molar-refractivity contribution >= 4 is 22.7 Å². The third kappa shape index (κ3) is 2.58. The maximum atomic E-state index is 13.5. The standard InChI is InChI=1S/C15H11FN2OS/c16-11-6-2-4-8-13(11)20-9-14-17-12-7-3-1-5-10(12)15(19)18-14/h1-8H,9H2,(H,17,18,19). The minimum Gasteiger partial charge on any atom is -0.309 e. The SMILES string of the molecule is O=c1[nH]c(CSc2ccccc2F)nc2ccccc12. The molecule has 0 aliphatic heterocycles. The summed E-state index contributed by atoms with van der Waals surface area (Å²) >= 11 is 1.31. The van der Waals surface area contributed by atoms with E-state index in [-0.39, 0.29) is 11.4 Å². The molecule has 0 bridgehead atoms. The Morgan fingerprint density at radius 1 is 1.10 bits per heavy atom. The number of H-pyrrole nitrogens is 1. The normalized spacial score (nSPS) is 10.8. The van der Waals surface area contributed by atoms with Crippen LogP contribution >= 0.6 is 11.8 Å². The molecule has 0 aliphatic carbocycles. The molecule has 1 N–H and O–H groups in total. The Kier molecular flexibility index (Phi) is 3.52. The van der Waals surface area contributed by atoms with Crippen LogP contribution in [0.15, 0.2) is 58.2 Å². The quantitative estimate of drug-likeness (QED) is 0.751. The molecule has 0 atom stereocenters. The van der Waals surface area contributed by atoms with E-state index in [0.29, 0.717) is 27.4 Å². The molecule has 5 heteroatoms. The fourth-order valence-corrected chi connectivity index (χ4v) is 2.72. The Bertz CT molecular complexity index is 816. The first kappa shape index (κ1) is 12.9. The smallest absolute Gasteiger partial charge is 0.258 e. The lowest BCUT2D eigenvalue weighted by Gasteiger charge is -2.04. The van der Waals surface area contributed by atoms with Crippen molar-refractivity contribution in [3.63, 3.8) is 0 Å². The highest BCUT2D eigenvalue weighted by atomic mass is 32.2. The minimum atomic E-state index is -0.263. The Labute approximate surface area is 118 Å². The van der Waals surface area contributed by atoms with Crippen LogP contribution < -0.4 is 5.56 Å². The maximum Gasteiger partial charge on any atom is 0.258 e. The highest BCUT2D eigenvalue weighted by Gasteiger charge is 2.06. The summed E-state index contributed by atoms with van der Waals surface area (Å²) in [6.45, 7) is 0. The number of fused-ring (bicyclic) bond motifs is 1. The molecule has 0 fully saturated rings. The summed E-state index contributed by atoms with van der Waals surface area (Å²) < 4.78 is 13.5. The van der Waals surface area contributed by atoms with Crippen molar-refractivity contribution < 1.29 is 4.39 Å². The van der Waals surface area contributed by atoms with Crippen LogP contribution in [0.25, 0.3) is 10.9 Å². The topological polar surface area (TPSA) is 45.8 Å². The van der Waals surface area contributed by atoms with Crippen LogP contribution in [-0.2, 0) is 5.75 Å². The number of aromatic amines is 1. The van der Waals surface area contributed by atoms with Gasteiger partial charge in [0.1, 0.15) is 11.6 Å². The van der Waals surface area contributed by atoms with Gasteiger partial charge in [-0.3, -0.25) is 4.79 Å².